The summed E-state index contributed by atoms with van der Waals surface area (Å²) >= 11 is 3.41. The molecule has 1 fully saturated rings. The van der Waals surface area contributed by atoms with E-state index in [-0.39, 0.29) is 12.5 Å². The van der Waals surface area contributed by atoms with E-state index < -0.39 is 5.97 Å². The predicted molar refractivity (Wildman–Crippen MR) is 102 cm³/mol. The van der Waals surface area contributed by atoms with Crippen LogP contribution in [0.15, 0.2) is 51.6 Å². The minimum absolute atomic E-state index is 0.0891. The molecule has 3 heterocycles. The molecule has 7 nitrogen and oxygen atoms in total. The quantitative estimate of drug-likeness (QED) is 0.570. The van der Waals surface area contributed by atoms with E-state index in [2.05, 4.69) is 36.0 Å². The fourth-order valence-corrected chi connectivity index (χ4v) is 3.40. The number of aromatic nitrogens is 3. The molecular formula is C19H17BrN4O3. The van der Waals surface area contributed by atoms with Crippen molar-refractivity contribution >= 4 is 27.7 Å². The highest BCUT2D eigenvalue weighted by atomic mass is 79.9. The summed E-state index contributed by atoms with van der Waals surface area (Å²) in [6.45, 7) is 1.71. The summed E-state index contributed by atoms with van der Waals surface area (Å²) in [5.74, 6) is 0.902. The predicted octanol–water partition coefficient (Wildman–Crippen LogP) is 3.85. The second kappa shape index (κ2) is 7.87. The van der Waals surface area contributed by atoms with E-state index in [1.54, 1.807) is 18.3 Å². The van der Waals surface area contributed by atoms with Crippen LogP contribution in [0.3, 0.4) is 0 Å². The van der Waals surface area contributed by atoms with Crippen LogP contribution in [0.4, 0.5) is 5.82 Å². The number of esters is 1. The third-order valence-electron chi connectivity index (χ3n) is 4.29. The van der Waals surface area contributed by atoms with Gasteiger partial charge in [0.25, 0.3) is 5.89 Å². The molecule has 0 N–H and O–H groups in total. The molecule has 4 rings (SSSR count). The summed E-state index contributed by atoms with van der Waals surface area (Å²) in [6.07, 6.45) is 3.89. The normalized spacial score (nSPS) is 13.7. The molecule has 2 aromatic heterocycles. The summed E-state index contributed by atoms with van der Waals surface area (Å²) in [6, 6.07) is 11.0. The molecule has 0 saturated carbocycles. The highest BCUT2D eigenvalue weighted by Gasteiger charge is 2.22. The van der Waals surface area contributed by atoms with Crippen molar-refractivity contribution in [2.75, 3.05) is 18.0 Å². The number of halogens is 1. The van der Waals surface area contributed by atoms with Crippen LogP contribution in [-0.4, -0.2) is 34.2 Å². The molecule has 0 atom stereocenters. The van der Waals surface area contributed by atoms with Crippen molar-refractivity contribution in [1.82, 2.24) is 15.1 Å². The van der Waals surface area contributed by atoms with Crippen LogP contribution in [0.2, 0.25) is 0 Å². The Morgan fingerprint density at radius 2 is 2.07 bits per heavy atom. The molecule has 0 aliphatic carbocycles. The zero-order chi connectivity index (χ0) is 18.6. The molecule has 138 valence electrons. The zero-order valence-corrected chi connectivity index (χ0v) is 16.1. The summed E-state index contributed by atoms with van der Waals surface area (Å²) in [5, 5.41) is 3.94. The lowest BCUT2D eigenvalue weighted by Gasteiger charge is -2.18. The van der Waals surface area contributed by atoms with E-state index in [4.69, 9.17) is 9.26 Å². The molecule has 0 unspecified atom stereocenters. The number of hydrogen-bond acceptors (Lipinski definition) is 7. The molecule has 3 aromatic rings. The topological polar surface area (TPSA) is 81.3 Å². The van der Waals surface area contributed by atoms with Crippen molar-refractivity contribution in [1.29, 1.82) is 0 Å². The molecule has 1 aliphatic heterocycles. The van der Waals surface area contributed by atoms with Crippen molar-refractivity contribution in [2.24, 2.45) is 0 Å². The number of anilines is 1. The standard InChI is InChI=1S/C19H17BrN4O3/c20-14-6-3-5-13(11-14)17-22-16(27-23-17)12-26-19(25)15-7-4-8-21-18(15)24-9-1-2-10-24/h3-8,11H,1-2,9-10,12H2. The average Bonchev–Trinajstić information content (AvgIpc) is 3.38. The van der Waals surface area contributed by atoms with E-state index >= 15 is 0 Å². The number of nitrogens with zero attached hydrogens (tertiary/aromatic N) is 4. The number of carbonyl (C=O) groups excluding carboxylic acids is 1. The van der Waals surface area contributed by atoms with E-state index in [0.717, 1.165) is 36.0 Å². The third kappa shape index (κ3) is 4.00. The van der Waals surface area contributed by atoms with Gasteiger partial charge >= 0.3 is 5.97 Å². The van der Waals surface area contributed by atoms with E-state index in [1.165, 1.54) is 0 Å². The first-order valence-corrected chi connectivity index (χ1v) is 9.45. The number of ether oxygens (including phenoxy) is 1. The molecule has 0 amide bonds. The molecular weight excluding hydrogens is 412 g/mol. The monoisotopic (exact) mass is 428 g/mol. The van der Waals surface area contributed by atoms with Crippen LogP contribution in [0.1, 0.15) is 29.1 Å². The molecule has 1 aromatic carbocycles. The van der Waals surface area contributed by atoms with Gasteiger partial charge in [-0.2, -0.15) is 4.98 Å². The number of benzene rings is 1. The first-order valence-electron chi connectivity index (χ1n) is 8.66. The van der Waals surface area contributed by atoms with Crippen LogP contribution in [0.5, 0.6) is 0 Å². The van der Waals surface area contributed by atoms with Crippen molar-refractivity contribution in [3.05, 3.63) is 58.5 Å². The first kappa shape index (κ1) is 17.7. The SMILES string of the molecule is O=C(OCc1nc(-c2cccc(Br)c2)no1)c1cccnc1N1CCCC1. The van der Waals surface area contributed by atoms with Gasteiger partial charge in [0.05, 0.1) is 0 Å². The Labute approximate surface area is 164 Å². The molecule has 27 heavy (non-hydrogen) atoms. The summed E-state index contributed by atoms with van der Waals surface area (Å²) in [7, 11) is 0. The van der Waals surface area contributed by atoms with Gasteiger partial charge in [0.2, 0.25) is 5.82 Å². The highest BCUT2D eigenvalue weighted by Crippen LogP contribution is 2.23. The summed E-state index contributed by atoms with van der Waals surface area (Å²) < 4.78 is 11.5. The van der Waals surface area contributed by atoms with Gasteiger partial charge in [-0.05, 0) is 37.1 Å². The smallest absolute Gasteiger partial charge is 0.342 e. The maximum Gasteiger partial charge on any atom is 0.342 e. The Hall–Kier alpha value is -2.74. The lowest BCUT2D eigenvalue weighted by Crippen LogP contribution is -2.22. The number of carbonyl (C=O) groups is 1. The number of hydrogen-bond donors (Lipinski definition) is 0. The fraction of sp³-hybridized carbons (Fsp3) is 0.263. The molecule has 1 aliphatic rings. The van der Waals surface area contributed by atoms with Gasteiger partial charge in [-0.3, -0.25) is 0 Å². The van der Waals surface area contributed by atoms with Crippen molar-refractivity contribution in [3.8, 4) is 11.4 Å². The van der Waals surface area contributed by atoms with Gasteiger partial charge in [-0.15, -0.1) is 0 Å². The lowest BCUT2D eigenvalue weighted by atomic mass is 10.2. The maximum absolute atomic E-state index is 12.5. The Kier molecular flexibility index (Phi) is 5.15. The lowest BCUT2D eigenvalue weighted by molar-refractivity contribution is 0.0430. The molecule has 8 heteroatoms. The van der Waals surface area contributed by atoms with Crippen LogP contribution in [0, 0.1) is 0 Å². The van der Waals surface area contributed by atoms with Gasteiger partial charge in [0.15, 0.2) is 6.61 Å². The van der Waals surface area contributed by atoms with Crippen LogP contribution < -0.4 is 4.90 Å². The van der Waals surface area contributed by atoms with Gasteiger partial charge in [-0.1, -0.05) is 33.2 Å². The average molecular weight is 429 g/mol. The van der Waals surface area contributed by atoms with Gasteiger partial charge in [0.1, 0.15) is 11.4 Å². The van der Waals surface area contributed by atoms with E-state index in [9.17, 15) is 4.79 Å². The Morgan fingerprint density at radius 1 is 1.22 bits per heavy atom. The molecule has 0 radical (unpaired) electrons. The summed E-state index contributed by atoms with van der Waals surface area (Å²) in [4.78, 5) is 23.3. The molecule has 0 bridgehead atoms. The molecule has 0 spiro atoms. The van der Waals surface area contributed by atoms with Gasteiger partial charge in [0, 0.05) is 29.3 Å². The first-order chi connectivity index (χ1) is 13.2. The van der Waals surface area contributed by atoms with Crippen LogP contribution in [0.25, 0.3) is 11.4 Å². The van der Waals surface area contributed by atoms with Crippen LogP contribution in [-0.2, 0) is 11.3 Å². The second-order valence-electron chi connectivity index (χ2n) is 6.17. The third-order valence-corrected chi connectivity index (χ3v) is 4.78. The van der Waals surface area contributed by atoms with E-state index in [1.807, 2.05) is 24.3 Å². The molecule has 1 saturated heterocycles. The largest absolute Gasteiger partial charge is 0.452 e. The van der Waals surface area contributed by atoms with Crippen molar-refractivity contribution in [3.63, 3.8) is 0 Å². The van der Waals surface area contributed by atoms with Crippen molar-refractivity contribution in [2.45, 2.75) is 19.4 Å². The van der Waals surface area contributed by atoms with Crippen molar-refractivity contribution < 1.29 is 14.1 Å². The minimum atomic E-state index is -0.452. The number of pyridine rings is 1. The fourth-order valence-electron chi connectivity index (χ4n) is 3.00. The Bertz CT molecular complexity index is 953. The zero-order valence-electron chi connectivity index (χ0n) is 14.5. The van der Waals surface area contributed by atoms with Crippen LogP contribution >= 0.6 is 15.9 Å². The second-order valence-corrected chi connectivity index (χ2v) is 7.08. The number of rotatable bonds is 5. The van der Waals surface area contributed by atoms with Gasteiger partial charge in [-0.25, -0.2) is 9.78 Å². The minimum Gasteiger partial charge on any atom is -0.452 e. The Balaban J connectivity index is 1.45. The summed E-state index contributed by atoms with van der Waals surface area (Å²) in [5.41, 5.74) is 1.26. The van der Waals surface area contributed by atoms with E-state index in [0.29, 0.717) is 17.2 Å². The van der Waals surface area contributed by atoms with Gasteiger partial charge < -0.3 is 14.2 Å². The highest BCUT2D eigenvalue weighted by molar-refractivity contribution is 9.10. The Morgan fingerprint density at radius 3 is 2.89 bits per heavy atom. The maximum atomic E-state index is 12.5.